The van der Waals surface area contributed by atoms with Gasteiger partial charge in [0.2, 0.25) is 0 Å². The Bertz CT molecular complexity index is 1370. The fourth-order valence-electron chi connectivity index (χ4n) is 4.82. The van der Waals surface area contributed by atoms with Crippen molar-refractivity contribution in [2.45, 2.75) is 78.0 Å². The molecule has 208 valence electrons. The second kappa shape index (κ2) is 11.2. The van der Waals surface area contributed by atoms with Crippen LogP contribution in [0.25, 0.3) is 22.0 Å². The third-order valence-corrected chi connectivity index (χ3v) is 6.80. The van der Waals surface area contributed by atoms with E-state index in [9.17, 15) is 23.5 Å². The maximum absolute atomic E-state index is 14.1. The molecule has 0 spiro atoms. The molecule has 0 radical (unpaired) electrons. The van der Waals surface area contributed by atoms with Crippen molar-refractivity contribution >= 4 is 28.5 Å². The molecule has 0 aliphatic heterocycles. The minimum Gasteiger partial charge on any atom is -0.503 e. The number of aromatic nitrogens is 1. The summed E-state index contributed by atoms with van der Waals surface area (Å²) in [4.78, 5) is 29.8. The van der Waals surface area contributed by atoms with Crippen LogP contribution in [-0.2, 0) is 4.74 Å². The van der Waals surface area contributed by atoms with Gasteiger partial charge in [0.25, 0.3) is 0 Å². The van der Waals surface area contributed by atoms with Crippen LogP contribution in [-0.4, -0.2) is 39.7 Å². The van der Waals surface area contributed by atoms with E-state index < -0.39 is 29.1 Å². The van der Waals surface area contributed by atoms with Crippen LogP contribution in [0.3, 0.4) is 0 Å². The van der Waals surface area contributed by atoms with Crippen molar-refractivity contribution in [1.82, 2.24) is 10.3 Å². The van der Waals surface area contributed by atoms with E-state index in [-0.39, 0.29) is 29.3 Å². The number of hydrogen-bond acceptors (Lipinski definition) is 6. The third kappa shape index (κ3) is 6.64. The number of halogens is 2. The summed E-state index contributed by atoms with van der Waals surface area (Å²) in [6.07, 6.45) is 4.14. The zero-order chi connectivity index (χ0) is 28.5. The van der Waals surface area contributed by atoms with Crippen molar-refractivity contribution in [3.05, 3.63) is 53.7 Å². The lowest BCUT2D eigenvalue weighted by Gasteiger charge is -2.31. The predicted octanol–water partition coefficient (Wildman–Crippen LogP) is 6.97. The van der Waals surface area contributed by atoms with Gasteiger partial charge in [-0.1, -0.05) is 19.9 Å². The van der Waals surface area contributed by atoms with Crippen LogP contribution in [0.1, 0.15) is 70.7 Å². The number of nitrogens with one attached hydrogen (secondary N) is 2. The lowest BCUT2D eigenvalue weighted by atomic mass is 9.90. The van der Waals surface area contributed by atoms with Gasteiger partial charge >= 0.3 is 6.09 Å². The maximum atomic E-state index is 14.1. The number of alkyl carbamates (subject to hydrolysis) is 1. The van der Waals surface area contributed by atoms with Gasteiger partial charge in [0.05, 0.1) is 16.8 Å². The van der Waals surface area contributed by atoms with Crippen LogP contribution in [0.15, 0.2) is 36.5 Å². The molecular weight excluding hydrogens is 504 g/mol. The van der Waals surface area contributed by atoms with Crippen LogP contribution < -0.4 is 10.6 Å². The summed E-state index contributed by atoms with van der Waals surface area (Å²) in [7, 11) is 0. The summed E-state index contributed by atoms with van der Waals surface area (Å²) in [5, 5.41) is 16.7. The number of ketones is 1. The van der Waals surface area contributed by atoms with E-state index in [0.717, 1.165) is 37.8 Å². The number of aromatic hydroxyl groups is 1. The van der Waals surface area contributed by atoms with Gasteiger partial charge in [-0.15, -0.1) is 0 Å². The number of carbonyl (C=O) groups excluding carboxylic acids is 2. The van der Waals surface area contributed by atoms with Crippen molar-refractivity contribution in [2.24, 2.45) is 5.92 Å². The summed E-state index contributed by atoms with van der Waals surface area (Å²) in [5.41, 5.74) is 1.91. The van der Waals surface area contributed by atoms with Crippen molar-refractivity contribution < 1.29 is 28.2 Å². The van der Waals surface area contributed by atoms with Crippen LogP contribution in [0.4, 0.5) is 19.3 Å². The Morgan fingerprint density at radius 3 is 2.21 bits per heavy atom. The number of phenolic OH excluding ortho intramolecular Hbond substituents is 1. The standard InChI is InChI=1S/C30H35F2N3O4/c1-16(2)27(36)22-15-33-25-11-6-17(18-13-23(31)28(37)24(32)14-18)12-21(25)26(22)34-19-7-9-20(10-8-19)35-29(38)39-30(3,4)5/h6,11-16,19-20,37H,7-10H2,1-5H3,(H,33,34)(H,35,38)/t19-,20-. The number of ether oxygens (including phenoxy) is 1. The Morgan fingerprint density at radius 2 is 1.62 bits per heavy atom. The summed E-state index contributed by atoms with van der Waals surface area (Å²) >= 11 is 0. The fraction of sp³-hybridized carbons (Fsp3) is 0.433. The number of benzene rings is 2. The third-order valence-electron chi connectivity index (χ3n) is 6.80. The van der Waals surface area contributed by atoms with E-state index in [0.29, 0.717) is 27.7 Å². The molecule has 0 bridgehead atoms. The highest BCUT2D eigenvalue weighted by molar-refractivity contribution is 6.09. The summed E-state index contributed by atoms with van der Waals surface area (Å²) < 4.78 is 33.5. The molecule has 1 amide bonds. The number of nitrogens with zero attached hydrogens (tertiary/aromatic N) is 1. The molecule has 3 N–H and O–H groups in total. The second-order valence-corrected chi connectivity index (χ2v) is 11.4. The summed E-state index contributed by atoms with van der Waals surface area (Å²) in [5.74, 6) is -3.46. The number of anilines is 1. The molecule has 7 nitrogen and oxygen atoms in total. The lowest BCUT2D eigenvalue weighted by molar-refractivity contribution is 0.0492. The first-order chi connectivity index (χ1) is 18.3. The van der Waals surface area contributed by atoms with Crippen LogP contribution in [0.2, 0.25) is 0 Å². The first kappa shape index (κ1) is 28.3. The van der Waals surface area contributed by atoms with Crippen molar-refractivity contribution in [3.8, 4) is 16.9 Å². The second-order valence-electron chi connectivity index (χ2n) is 11.4. The van der Waals surface area contributed by atoms with Crippen molar-refractivity contribution in [2.75, 3.05) is 5.32 Å². The van der Waals surface area contributed by atoms with Gasteiger partial charge in [-0.2, -0.15) is 0 Å². The first-order valence-electron chi connectivity index (χ1n) is 13.2. The molecule has 2 aromatic carbocycles. The van der Waals surface area contributed by atoms with Gasteiger partial charge in [-0.25, -0.2) is 13.6 Å². The van der Waals surface area contributed by atoms with Gasteiger partial charge in [0, 0.05) is 29.6 Å². The Balaban J connectivity index is 1.63. The molecule has 9 heteroatoms. The zero-order valence-electron chi connectivity index (χ0n) is 22.9. The molecule has 0 saturated heterocycles. The molecule has 1 aromatic heterocycles. The summed E-state index contributed by atoms with van der Waals surface area (Å²) in [6, 6.07) is 7.37. The molecule has 3 aromatic rings. The number of hydrogen-bond donors (Lipinski definition) is 3. The van der Waals surface area contributed by atoms with E-state index in [4.69, 9.17) is 4.74 Å². The fourth-order valence-corrected chi connectivity index (χ4v) is 4.82. The Labute approximate surface area is 227 Å². The van der Waals surface area contributed by atoms with E-state index in [1.807, 2.05) is 34.6 Å². The molecule has 1 heterocycles. The Morgan fingerprint density at radius 1 is 1.00 bits per heavy atom. The van der Waals surface area contributed by atoms with Crippen LogP contribution >= 0.6 is 0 Å². The van der Waals surface area contributed by atoms with Gasteiger partial charge in [-0.05, 0) is 81.8 Å². The highest BCUT2D eigenvalue weighted by Gasteiger charge is 2.27. The average molecular weight is 540 g/mol. The maximum Gasteiger partial charge on any atom is 0.407 e. The van der Waals surface area contributed by atoms with Crippen LogP contribution in [0, 0.1) is 17.6 Å². The number of rotatable bonds is 6. The smallest absolute Gasteiger partial charge is 0.407 e. The van der Waals surface area contributed by atoms with E-state index in [2.05, 4.69) is 15.6 Å². The lowest BCUT2D eigenvalue weighted by Crippen LogP contribution is -2.42. The highest BCUT2D eigenvalue weighted by atomic mass is 19.1. The van der Waals surface area contributed by atoms with Crippen LogP contribution in [0.5, 0.6) is 5.75 Å². The van der Waals surface area contributed by atoms with Crippen molar-refractivity contribution in [1.29, 1.82) is 0 Å². The molecule has 39 heavy (non-hydrogen) atoms. The van der Waals surface area contributed by atoms with Crippen molar-refractivity contribution in [3.63, 3.8) is 0 Å². The minimum absolute atomic E-state index is 0.00487. The zero-order valence-corrected chi connectivity index (χ0v) is 22.9. The van der Waals surface area contributed by atoms with Gasteiger partial charge in [0.1, 0.15) is 5.60 Å². The average Bonchev–Trinajstić information content (AvgIpc) is 2.86. The highest BCUT2D eigenvalue weighted by Crippen LogP contribution is 2.35. The first-order valence-corrected chi connectivity index (χ1v) is 13.2. The minimum atomic E-state index is -1.05. The molecule has 4 rings (SSSR count). The molecule has 1 aliphatic carbocycles. The largest absolute Gasteiger partial charge is 0.503 e. The van der Waals surface area contributed by atoms with E-state index >= 15 is 0 Å². The summed E-state index contributed by atoms with van der Waals surface area (Å²) in [6.45, 7) is 9.11. The molecule has 1 saturated carbocycles. The molecular formula is C30H35F2N3O4. The molecule has 0 unspecified atom stereocenters. The van der Waals surface area contributed by atoms with Gasteiger partial charge in [-0.3, -0.25) is 9.78 Å². The SMILES string of the molecule is CC(C)C(=O)c1cnc2ccc(-c3cc(F)c(O)c(F)c3)cc2c1N[C@H]1CC[C@H](NC(=O)OC(C)(C)C)CC1. The molecule has 1 aliphatic rings. The molecule has 1 fully saturated rings. The topological polar surface area (TPSA) is 101 Å². The quantitative estimate of drug-likeness (QED) is 0.293. The Kier molecular flexibility index (Phi) is 8.09. The number of fused-ring (bicyclic) bond motifs is 1. The predicted molar refractivity (Wildman–Crippen MR) is 147 cm³/mol. The number of carbonyl (C=O) groups is 2. The van der Waals surface area contributed by atoms with E-state index in [1.165, 1.54) is 0 Å². The normalized spacial score (nSPS) is 17.7. The molecule has 0 atom stereocenters. The number of pyridine rings is 1. The number of amides is 1. The van der Waals surface area contributed by atoms with E-state index in [1.54, 1.807) is 24.4 Å². The number of Topliss-reactive ketones (excluding diaryl/α,β-unsaturated/α-hetero) is 1. The Hall–Kier alpha value is -3.75. The number of phenols is 1. The van der Waals surface area contributed by atoms with Gasteiger partial charge in [0.15, 0.2) is 23.2 Å². The van der Waals surface area contributed by atoms with Gasteiger partial charge < -0.3 is 20.5 Å². The monoisotopic (exact) mass is 539 g/mol.